The Hall–Kier alpha value is -3.13. The molecule has 0 saturated carbocycles. The average molecular weight is 450 g/mol. The fourth-order valence-corrected chi connectivity index (χ4v) is 4.34. The number of carbonyl (C=O) groups is 1. The monoisotopic (exact) mass is 449 g/mol. The molecule has 1 amide bonds. The molecular formula is C24H27N5O2S. The molecule has 7 nitrogen and oxygen atoms in total. The Labute approximate surface area is 190 Å². The number of fused-ring (bicyclic) bond motifs is 3. The maximum atomic E-state index is 13.1. The van der Waals surface area contributed by atoms with Crippen LogP contribution in [0.3, 0.4) is 0 Å². The van der Waals surface area contributed by atoms with Crippen molar-refractivity contribution in [3.8, 4) is 0 Å². The second-order valence-electron chi connectivity index (χ2n) is 8.43. The van der Waals surface area contributed by atoms with Gasteiger partial charge in [0.15, 0.2) is 5.16 Å². The first-order valence-electron chi connectivity index (χ1n) is 10.7. The van der Waals surface area contributed by atoms with E-state index in [-0.39, 0.29) is 17.2 Å². The van der Waals surface area contributed by atoms with Gasteiger partial charge >= 0.3 is 0 Å². The van der Waals surface area contributed by atoms with E-state index in [2.05, 4.69) is 29.4 Å². The van der Waals surface area contributed by atoms with E-state index in [0.29, 0.717) is 28.8 Å². The summed E-state index contributed by atoms with van der Waals surface area (Å²) in [6.45, 7) is 8.79. The summed E-state index contributed by atoms with van der Waals surface area (Å²) in [6, 6.07) is 13.4. The minimum absolute atomic E-state index is 0.0645. The number of aromatic nitrogens is 4. The molecule has 0 atom stereocenters. The largest absolute Gasteiger partial charge is 0.325 e. The fourth-order valence-electron chi connectivity index (χ4n) is 3.60. The fraction of sp³-hybridized carbons (Fsp3) is 0.333. The van der Waals surface area contributed by atoms with Crippen molar-refractivity contribution in [3.63, 3.8) is 0 Å². The number of rotatable bonds is 7. The molecule has 0 bridgehead atoms. The first-order valence-corrected chi connectivity index (χ1v) is 11.7. The van der Waals surface area contributed by atoms with E-state index in [4.69, 9.17) is 0 Å². The smallest absolute Gasteiger partial charge is 0.262 e. The Balaban J connectivity index is 1.65. The van der Waals surface area contributed by atoms with Crippen molar-refractivity contribution in [1.29, 1.82) is 0 Å². The Morgan fingerprint density at radius 3 is 2.69 bits per heavy atom. The molecule has 32 heavy (non-hydrogen) atoms. The van der Waals surface area contributed by atoms with Gasteiger partial charge in [0.1, 0.15) is 0 Å². The average Bonchev–Trinajstić information content (AvgIpc) is 3.18. The van der Waals surface area contributed by atoms with E-state index >= 15 is 0 Å². The maximum absolute atomic E-state index is 13.1. The number of thioether (sulfide) groups is 1. The van der Waals surface area contributed by atoms with Gasteiger partial charge in [-0.3, -0.25) is 18.6 Å². The summed E-state index contributed by atoms with van der Waals surface area (Å²) in [7, 11) is 0. The lowest BCUT2D eigenvalue weighted by molar-refractivity contribution is -0.113. The number of hydrogen-bond donors (Lipinski definition) is 1. The zero-order chi connectivity index (χ0) is 22.8. The highest BCUT2D eigenvalue weighted by molar-refractivity contribution is 7.99. The number of benzene rings is 2. The highest BCUT2D eigenvalue weighted by atomic mass is 32.2. The summed E-state index contributed by atoms with van der Waals surface area (Å²) in [5.41, 5.74) is 3.60. The summed E-state index contributed by atoms with van der Waals surface area (Å²) in [5.74, 6) is 1.04. The zero-order valence-electron chi connectivity index (χ0n) is 18.8. The third-order valence-corrected chi connectivity index (χ3v) is 6.34. The molecule has 2 aromatic carbocycles. The highest BCUT2D eigenvalue weighted by Crippen LogP contribution is 2.23. The van der Waals surface area contributed by atoms with Crippen LogP contribution in [-0.4, -0.2) is 30.8 Å². The molecule has 2 heterocycles. The SMILES string of the molecule is Cc1ccc(C)c(NC(=O)CSc2nnc3n(CCC(C)C)c(=O)c4ccccc4n23)c1. The van der Waals surface area contributed by atoms with Gasteiger partial charge in [0.05, 0.1) is 16.7 Å². The van der Waals surface area contributed by atoms with Crippen LogP contribution >= 0.6 is 11.8 Å². The topological polar surface area (TPSA) is 81.3 Å². The predicted molar refractivity (Wildman–Crippen MR) is 129 cm³/mol. The van der Waals surface area contributed by atoms with Gasteiger partial charge in [0.25, 0.3) is 5.56 Å². The summed E-state index contributed by atoms with van der Waals surface area (Å²) >= 11 is 1.31. The van der Waals surface area contributed by atoms with Crippen LogP contribution < -0.4 is 10.9 Å². The Morgan fingerprint density at radius 1 is 1.12 bits per heavy atom. The highest BCUT2D eigenvalue weighted by Gasteiger charge is 2.18. The molecule has 166 valence electrons. The van der Waals surface area contributed by atoms with Crippen molar-refractivity contribution in [1.82, 2.24) is 19.2 Å². The van der Waals surface area contributed by atoms with Gasteiger partial charge in [-0.05, 0) is 55.5 Å². The maximum Gasteiger partial charge on any atom is 0.262 e. The summed E-state index contributed by atoms with van der Waals surface area (Å²) in [6.07, 6.45) is 0.863. The molecule has 0 spiro atoms. The van der Waals surface area contributed by atoms with E-state index in [1.54, 1.807) is 4.57 Å². The minimum Gasteiger partial charge on any atom is -0.325 e. The number of anilines is 1. The van der Waals surface area contributed by atoms with Crippen LogP contribution in [0, 0.1) is 19.8 Å². The number of nitrogens with one attached hydrogen (secondary N) is 1. The molecular weight excluding hydrogens is 422 g/mol. The van der Waals surface area contributed by atoms with Crippen LogP contribution in [0.25, 0.3) is 16.7 Å². The van der Waals surface area contributed by atoms with E-state index in [9.17, 15) is 9.59 Å². The van der Waals surface area contributed by atoms with Gasteiger partial charge in [-0.25, -0.2) is 0 Å². The van der Waals surface area contributed by atoms with Crippen LogP contribution in [-0.2, 0) is 11.3 Å². The lowest BCUT2D eigenvalue weighted by Gasteiger charge is -2.12. The van der Waals surface area contributed by atoms with Crippen molar-refractivity contribution in [2.24, 2.45) is 5.92 Å². The molecule has 4 aromatic rings. The Morgan fingerprint density at radius 2 is 1.91 bits per heavy atom. The van der Waals surface area contributed by atoms with Gasteiger partial charge in [-0.1, -0.05) is 49.9 Å². The number of hydrogen-bond acceptors (Lipinski definition) is 5. The molecule has 0 unspecified atom stereocenters. The van der Waals surface area contributed by atoms with Crippen LogP contribution in [0.5, 0.6) is 0 Å². The molecule has 1 N–H and O–H groups in total. The Bertz CT molecular complexity index is 1360. The van der Waals surface area contributed by atoms with Crippen molar-refractivity contribution < 1.29 is 4.79 Å². The zero-order valence-corrected chi connectivity index (χ0v) is 19.6. The quantitative estimate of drug-likeness (QED) is 0.422. The van der Waals surface area contributed by atoms with Crippen molar-refractivity contribution in [2.75, 3.05) is 11.1 Å². The van der Waals surface area contributed by atoms with Crippen LogP contribution in [0.2, 0.25) is 0 Å². The molecule has 0 aliphatic rings. The predicted octanol–water partition coefficient (Wildman–Crippen LogP) is 4.44. The van der Waals surface area contributed by atoms with E-state index in [1.165, 1.54) is 11.8 Å². The lowest BCUT2D eigenvalue weighted by Crippen LogP contribution is -2.24. The molecule has 0 saturated heterocycles. The third kappa shape index (κ3) is 4.41. The molecule has 0 radical (unpaired) electrons. The summed E-state index contributed by atoms with van der Waals surface area (Å²) in [4.78, 5) is 25.7. The second kappa shape index (κ2) is 9.16. The van der Waals surface area contributed by atoms with Crippen LogP contribution in [0.4, 0.5) is 5.69 Å². The normalized spacial score (nSPS) is 11.5. The van der Waals surface area contributed by atoms with Gasteiger partial charge in [-0.15, -0.1) is 10.2 Å². The number of aryl methyl sites for hydroxylation is 3. The molecule has 0 fully saturated rings. The first-order chi connectivity index (χ1) is 15.3. The Kier molecular flexibility index (Phi) is 6.32. The van der Waals surface area contributed by atoms with Gasteiger partial charge in [0, 0.05) is 12.2 Å². The van der Waals surface area contributed by atoms with Gasteiger partial charge < -0.3 is 5.32 Å². The van der Waals surface area contributed by atoms with Crippen molar-refractivity contribution in [2.45, 2.75) is 45.8 Å². The third-order valence-electron chi connectivity index (χ3n) is 5.41. The van der Waals surface area contributed by atoms with E-state index < -0.39 is 0 Å². The number of nitrogens with zero attached hydrogens (tertiary/aromatic N) is 4. The summed E-state index contributed by atoms with van der Waals surface area (Å²) in [5, 5.41) is 12.8. The molecule has 0 aliphatic carbocycles. The molecule has 2 aromatic heterocycles. The standard InChI is InChI=1S/C24H27N5O2S/c1-15(2)11-12-28-22(31)18-7-5-6-8-20(18)29-23(28)26-27-24(29)32-14-21(30)25-19-13-16(3)9-10-17(19)4/h5-10,13,15H,11-12,14H2,1-4H3,(H,25,30). The second-order valence-corrected chi connectivity index (χ2v) is 9.37. The van der Waals surface area contributed by atoms with E-state index in [1.807, 2.05) is 60.7 Å². The van der Waals surface area contributed by atoms with E-state index in [0.717, 1.165) is 28.8 Å². The van der Waals surface area contributed by atoms with Crippen molar-refractivity contribution in [3.05, 3.63) is 63.9 Å². The van der Waals surface area contributed by atoms with Gasteiger partial charge in [-0.2, -0.15) is 0 Å². The number of carbonyl (C=O) groups excluding carboxylic acids is 1. The van der Waals surface area contributed by atoms with Crippen molar-refractivity contribution >= 4 is 40.0 Å². The van der Waals surface area contributed by atoms with Gasteiger partial charge in [0.2, 0.25) is 11.7 Å². The number of amides is 1. The van der Waals surface area contributed by atoms with Crippen LogP contribution in [0.1, 0.15) is 31.4 Å². The number of para-hydroxylation sites is 1. The lowest BCUT2D eigenvalue weighted by atomic mass is 10.1. The summed E-state index contributed by atoms with van der Waals surface area (Å²) < 4.78 is 3.57. The van der Waals surface area contributed by atoms with Crippen LogP contribution in [0.15, 0.2) is 52.4 Å². The minimum atomic E-state index is -0.113. The molecule has 0 aliphatic heterocycles. The molecule has 8 heteroatoms. The first kappa shape index (κ1) is 22.1. The molecule has 4 rings (SSSR count).